The van der Waals surface area contributed by atoms with E-state index in [0.29, 0.717) is 0 Å². The maximum atomic E-state index is 3.26. The highest BCUT2D eigenvalue weighted by atomic mass is 14.8. The molecule has 0 aromatic carbocycles. The number of nitrogens with one attached hydrogen (secondary N) is 1. The summed E-state index contributed by atoms with van der Waals surface area (Å²) in [5.41, 5.74) is 0. The zero-order valence-corrected chi connectivity index (χ0v) is 8.18. The molecule has 1 N–H and O–H groups in total. The molecule has 0 radical (unpaired) electrons. The van der Waals surface area contributed by atoms with Gasteiger partial charge in [-0.05, 0) is 50.6 Å². The van der Waals surface area contributed by atoms with Crippen LogP contribution in [0.15, 0.2) is 0 Å². The van der Waals surface area contributed by atoms with Gasteiger partial charge in [0.2, 0.25) is 0 Å². The summed E-state index contributed by atoms with van der Waals surface area (Å²) in [5, 5.41) is 3.26. The second-order valence-electron chi connectivity index (χ2n) is 4.52. The van der Waals surface area contributed by atoms with Crippen LogP contribution in [0.5, 0.6) is 0 Å². The van der Waals surface area contributed by atoms with Gasteiger partial charge in [0.15, 0.2) is 0 Å². The van der Waals surface area contributed by atoms with E-state index in [9.17, 15) is 0 Å². The summed E-state index contributed by atoms with van der Waals surface area (Å²) in [6.45, 7) is 1.23. The maximum Gasteiger partial charge on any atom is -0.00491 e. The molecule has 1 heteroatoms. The zero-order chi connectivity index (χ0) is 8.39. The lowest BCUT2D eigenvalue weighted by atomic mass is 10.1. The van der Waals surface area contributed by atoms with Gasteiger partial charge < -0.3 is 5.32 Å². The standard InChI is InChI=1S/C11H21N/c1-12-8-7-11-9-5-3-2-4-6-10(9)11/h9-12H,2-8H2,1H3/t9-,10+,11?. The lowest BCUT2D eigenvalue weighted by molar-refractivity contribution is 0.533. The van der Waals surface area contributed by atoms with E-state index < -0.39 is 0 Å². The van der Waals surface area contributed by atoms with E-state index in [1.54, 1.807) is 12.8 Å². The van der Waals surface area contributed by atoms with Crippen LogP contribution in [0.3, 0.4) is 0 Å². The predicted octanol–water partition coefficient (Wildman–Crippen LogP) is 2.42. The fraction of sp³-hybridized carbons (Fsp3) is 1.00. The monoisotopic (exact) mass is 167 g/mol. The van der Waals surface area contributed by atoms with Crippen molar-refractivity contribution in [1.82, 2.24) is 5.32 Å². The molecule has 1 unspecified atom stereocenters. The first-order valence-corrected chi connectivity index (χ1v) is 5.58. The number of rotatable bonds is 3. The molecule has 0 saturated heterocycles. The Bertz CT molecular complexity index is 132. The van der Waals surface area contributed by atoms with Crippen LogP contribution in [0.25, 0.3) is 0 Å². The Morgan fingerprint density at radius 1 is 1.08 bits per heavy atom. The topological polar surface area (TPSA) is 12.0 Å². The SMILES string of the molecule is CNCCC1[C@H]2CCCCC[C@@H]12. The highest BCUT2D eigenvalue weighted by Gasteiger charge is 2.48. The molecular weight excluding hydrogens is 146 g/mol. The highest BCUT2D eigenvalue weighted by molar-refractivity contribution is 4.97. The average molecular weight is 167 g/mol. The Labute approximate surface area is 75.9 Å². The van der Waals surface area contributed by atoms with Crippen LogP contribution >= 0.6 is 0 Å². The van der Waals surface area contributed by atoms with E-state index in [4.69, 9.17) is 0 Å². The van der Waals surface area contributed by atoms with E-state index in [1.807, 2.05) is 0 Å². The van der Waals surface area contributed by atoms with Crippen LogP contribution in [0, 0.1) is 17.8 Å². The van der Waals surface area contributed by atoms with Gasteiger partial charge in [-0.3, -0.25) is 0 Å². The van der Waals surface area contributed by atoms with Crippen LogP contribution in [-0.4, -0.2) is 13.6 Å². The molecule has 2 aliphatic carbocycles. The first-order valence-electron chi connectivity index (χ1n) is 5.58. The van der Waals surface area contributed by atoms with Crippen molar-refractivity contribution in [1.29, 1.82) is 0 Å². The summed E-state index contributed by atoms with van der Waals surface area (Å²) in [6, 6.07) is 0. The van der Waals surface area contributed by atoms with E-state index in [1.165, 1.54) is 32.2 Å². The highest BCUT2D eigenvalue weighted by Crippen LogP contribution is 2.55. The van der Waals surface area contributed by atoms with Gasteiger partial charge >= 0.3 is 0 Å². The van der Waals surface area contributed by atoms with Gasteiger partial charge in [0, 0.05) is 0 Å². The van der Waals surface area contributed by atoms with Crippen LogP contribution in [0.1, 0.15) is 38.5 Å². The molecule has 2 aliphatic rings. The van der Waals surface area contributed by atoms with Crippen molar-refractivity contribution in [2.24, 2.45) is 17.8 Å². The Kier molecular flexibility index (Phi) is 2.69. The fourth-order valence-corrected chi connectivity index (χ4v) is 3.06. The Balaban J connectivity index is 1.74. The summed E-state index contributed by atoms with van der Waals surface area (Å²) in [4.78, 5) is 0. The van der Waals surface area contributed by atoms with Crippen LogP contribution < -0.4 is 5.32 Å². The molecule has 2 fully saturated rings. The second-order valence-corrected chi connectivity index (χ2v) is 4.52. The molecule has 3 atom stereocenters. The fourth-order valence-electron chi connectivity index (χ4n) is 3.06. The summed E-state index contributed by atoms with van der Waals surface area (Å²) < 4.78 is 0. The van der Waals surface area contributed by atoms with Crippen LogP contribution in [0.4, 0.5) is 0 Å². The summed E-state index contributed by atoms with van der Waals surface area (Å²) >= 11 is 0. The van der Waals surface area contributed by atoms with Crippen LogP contribution in [0.2, 0.25) is 0 Å². The molecule has 2 saturated carbocycles. The van der Waals surface area contributed by atoms with Crippen molar-refractivity contribution in [3.05, 3.63) is 0 Å². The first-order chi connectivity index (χ1) is 5.93. The number of fused-ring (bicyclic) bond motifs is 1. The minimum atomic E-state index is 1.11. The molecule has 0 spiro atoms. The Hall–Kier alpha value is -0.0400. The van der Waals surface area contributed by atoms with Crippen molar-refractivity contribution in [3.8, 4) is 0 Å². The second kappa shape index (κ2) is 3.78. The summed E-state index contributed by atoms with van der Waals surface area (Å²) in [5.74, 6) is 3.39. The largest absolute Gasteiger partial charge is 0.320 e. The van der Waals surface area contributed by atoms with Gasteiger partial charge in [0.1, 0.15) is 0 Å². The average Bonchev–Trinajstić information content (AvgIpc) is 2.75. The van der Waals surface area contributed by atoms with Gasteiger partial charge in [0.25, 0.3) is 0 Å². The van der Waals surface area contributed by atoms with E-state index in [-0.39, 0.29) is 0 Å². The summed E-state index contributed by atoms with van der Waals surface area (Å²) in [7, 11) is 2.07. The lowest BCUT2D eigenvalue weighted by Crippen LogP contribution is -2.08. The molecule has 0 bridgehead atoms. The minimum absolute atomic E-state index is 1.11. The molecule has 0 amide bonds. The Morgan fingerprint density at radius 2 is 1.75 bits per heavy atom. The van der Waals surface area contributed by atoms with Crippen molar-refractivity contribution in [2.45, 2.75) is 38.5 Å². The van der Waals surface area contributed by atoms with Gasteiger partial charge in [-0.15, -0.1) is 0 Å². The molecule has 0 aromatic heterocycles. The number of hydrogen-bond donors (Lipinski definition) is 1. The lowest BCUT2D eigenvalue weighted by Gasteiger charge is -2.01. The van der Waals surface area contributed by atoms with Crippen molar-refractivity contribution < 1.29 is 0 Å². The van der Waals surface area contributed by atoms with E-state index in [2.05, 4.69) is 12.4 Å². The third-order valence-corrected chi connectivity index (χ3v) is 3.81. The third kappa shape index (κ3) is 1.66. The number of hydrogen-bond acceptors (Lipinski definition) is 1. The minimum Gasteiger partial charge on any atom is -0.320 e. The molecule has 1 nitrogen and oxygen atoms in total. The van der Waals surface area contributed by atoms with Gasteiger partial charge in [-0.2, -0.15) is 0 Å². The molecule has 0 aromatic rings. The first kappa shape index (κ1) is 8.55. The molecule has 2 rings (SSSR count). The van der Waals surface area contributed by atoms with Crippen molar-refractivity contribution in [2.75, 3.05) is 13.6 Å². The summed E-state index contributed by atoms with van der Waals surface area (Å²) in [6.07, 6.45) is 9.05. The molecule has 0 heterocycles. The molecule has 12 heavy (non-hydrogen) atoms. The molecule has 70 valence electrons. The zero-order valence-electron chi connectivity index (χ0n) is 8.18. The quantitative estimate of drug-likeness (QED) is 0.680. The molecular formula is C11H21N. The molecule has 0 aliphatic heterocycles. The van der Waals surface area contributed by atoms with Gasteiger partial charge in [-0.25, -0.2) is 0 Å². The smallest absolute Gasteiger partial charge is 0.00491 e. The van der Waals surface area contributed by atoms with Crippen molar-refractivity contribution in [3.63, 3.8) is 0 Å². The normalized spacial score (nSPS) is 40.2. The van der Waals surface area contributed by atoms with Gasteiger partial charge in [-0.1, -0.05) is 19.3 Å². The Morgan fingerprint density at radius 3 is 2.33 bits per heavy atom. The third-order valence-electron chi connectivity index (χ3n) is 3.81. The maximum absolute atomic E-state index is 3.26. The van der Waals surface area contributed by atoms with Crippen LogP contribution in [-0.2, 0) is 0 Å². The van der Waals surface area contributed by atoms with E-state index in [0.717, 1.165) is 17.8 Å². The van der Waals surface area contributed by atoms with Crippen molar-refractivity contribution >= 4 is 0 Å². The van der Waals surface area contributed by atoms with E-state index >= 15 is 0 Å². The van der Waals surface area contributed by atoms with Gasteiger partial charge in [0.05, 0.1) is 0 Å². The predicted molar refractivity (Wildman–Crippen MR) is 52.1 cm³/mol.